The molecule has 5 aromatic heterocycles. The van der Waals surface area contributed by atoms with Crippen molar-refractivity contribution in [3.05, 3.63) is 321 Å². The van der Waals surface area contributed by atoms with Crippen molar-refractivity contribution in [2.45, 2.75) is 127 Å². The van der Waals surface area contributed by atoms with Crippen LogP contribution in [0.3, 0.4) is 0 Å². The Labute approximate surface area is 745 Å². The van der Waals surface area contributed by atoms with Gasteiger partial charge in [-0.1, -0.05) is 170 Å². The van der Waals surface area contributed by atoms with E-state index in [4.69, 9.17) is 28.8 Å². The Balaban J connectivity index is 0.000000131. The molecule has 8 aliphatic rings. The van der Waals surface area contributed by atoms with Gasteiger partial charge in [0.25, 0.3) is 0 Å². The van der Waals surface area contributed by atoms with Crippen molar-refractivity contribution in [1.29, 1.82) is 0 Å². The molecular formula is C96H108Br2F2I2N10O7. The van der Waals surface area contributed by atoms with Crippen molar-refractivity contribution in [3.8, 4) is 23.4 Å². The molecule has 5 aromatic carbocycles. The maximum Gasteiger partial charge on any atom is 0.307 e. The fourth-order valence-electron chi connectivity index (χ4n) is 15.9. The summed E-state index contributed by atoms with van der Waals surface area (Å²) >= 11 is 11.0. The number of piperidine rings is 3. The Hall–Kier alpha value is -7.96. The lowest BCUT2D eigenvalue weighted by atomic mass is 9.74. The summed E-state index contributed by atoms with van der Waals surface area (Å²) in [6.07, 6.45) is 18.4. The average molecular weight is 1970 g/mol. The number of esters is 1. The highest BCUT2D eigenvalue weighted by Gasteiger charge is 2.46. The van der Waals surface area contributed by atoms with Crippen LogP contribution >= 0.6 is 77.0 Å². The van der Waals surface area contributed by atoms with Crippen LogP contribution in [0.2, 0.25) is 0 Å². The van der Waals surface area contributed by atoms with Gasteiger partial charge in [-0.15, -0.1) is 0 Å². The van der Waals surface area contributed by atoms with Crippen LogP contribution in [0.4, 0.5) is 8.78 Å². The number of benzene rings is 5. The maximum atomic E-state index is 12.2. The van der Waals surface area contributed by atoms with Crippen LogP contribution in [0.25, 0.3) is 0 Å². The van der Waals surface area contributed by atoms with Crippen LogP contribution in [-0.4, -0.2) is 171 Å². The number of fused-ring (bicyclic) bond motifs is 6. The number of aliphatic hydroxyl groups excluding tert-OH is 1. The zero-order valence-corrected chi connectivity index (χ0v) is 75.7. The molecule has 0 saturated carbocycles. The molecule has 23 heteroatoms. The first-order valence-corrected chi connectivity index (χ1v) is 44.9. The summed E-state index contributed by atoms with van der Waals surface area (Å²) < 4.78 is 56.1. The number of hydrogen-bond acceptors (Lipinski definition) is 17. The van der Waals surface area contributed by atoms with E-state index in [9.17, 15) is 13.6 Å². The van der Waals surface area contributed by atoms with Crippen molar-refractivity contribution in [2.24, 2.45) is 0 Å². The van der Waals surface area contributed by atoms with Crippen molar-refractivity contribution >= 4 is 83.0 Å². The molecule has 1 N–H and O–H groups in total. The fourth-order valence-corrected chi connectivity index (χ4v) is 17.3. The van der Waals surface area contributed by atoms with E-state index in [1.54, 1.807) is 30.5 Å². The minimum Gasteiger partial charge on any atom is -0.492 e. The lowest BCUT2D eigenvalue weighted by Crippen LogP contribution is -2.44. The number of carbonyl (C=O) groups excluding carboxylic acids is 1. The monoisotopic (exact) mass is 1960 g/mol. The van der Waals surface area contributed by atoms with E-state index < -0.39 is 17.5 Å². The number of hydrogen-bond donors (Lipinski definition) is 1. The quantitative estimate of drug-likeness (QED) is 0.0446. The molecule has 18 rings (SSSR count). The molecule has 0 radical (unpaired) electrons. The third kappa shape index (κ3) is 27.5. The summed E-state index contributed by atoms with van der Waals surface area (Å²) in [6.45, 7) is 24.4. The van der Waals surface area contributed by atoms with E-state index in [1.165, 1.54) is 81.4 Å². The molecule has 3 saturated heterocycles. The topological polar surface area (TPSA) is 164 Å². The van der Waals surface area contributed by atoms with E-state index in [0.29, 0.717) is 23.2 Å². The smallest absolute Gasteiger partial charge is 0.307 e. The predicted molar refractivity (Wildman–Crippen MR) is 489 cm³/mol. The number of rotatable bonds is 15. The average Bonchev–Trinajstić information content (AvgIpc) is 1.61. The number of likely N-dealkylation sites (tertiary alicyclic amines) is 3. The second-order valence-corrected chi connectivity index (χ2v) is 36.2. The number of ether oxygens (including phenoxy) is 5. The minimum atomic E-state index is -0.428. The highest BCUT2D eigenvalue weighted by molar-refractivity contribution is 14.1. The van der Waals surface area contributed by atoms with Crippen molar-refractivity contribution < 1.29 is 42.4 Å². The lowest BCUT2D eigenvalue weighted by molar-refractivity contribution is -0.155. The summed E-state index contributed by atoms with van der Waals surface area (Å²) in [5, 5.41) is 8.98. The Morgan fingerprint density at radius 3 is 1.32 bits per heavy atom. The number of carbonyl (C=O) groups is 1. The normalized spacial score (nSPS) is 17.4. The van der Waals surface area contributed by atoms with Gasteiger partial charge in [0, 0.05) is 110 Å². The second kappa shape index (κ2) is 45.3. The number of aliphatic hydroxyl groups is 1. The highest BCUT2D eigenvalue weighted by atomic mass is 127. The van der Waals surface area contributed by atoms with Crippen LogP contribution < -0.4 is 18.9 Å². The third-order valence-electron chi connectivity index (χ3n) is 22.7. The Morgan fingerprint density at radius 2 is 0.899 bits per heavy atom. The Morgan fingerprint density at radius 1 is 0.471 bits per heavy atom. The number of nitrogens with zero attached hydrogens (tertiary/aromatic N) is 10. The summed E-state index contributed by atoms with van der Waals surface area (Å²) in [4.78, 5) is 44.1. The molecular weight excluding hydrogens is 1860 g/mol. The second-order valence-electron chi connectivity index (χ2n) is 32.2. The first-order valence-electron chi connectivity index (χ1n) is 41.1. The summed E-state index contributed by atoms with van der Waals surface area (Å²) in [5.74, 6) is 2.49. The van der Waals surface area contributed by atoms with Crippen LogP contribution in [0.15, 0.2) is 263 Å². The van der Waals surface area contributed by atoms with E-state index >= 15 is 0 Å². The summed E-state index contributed by atoms with van der Waals surface area (Å²) in [6, 6.07) is 71.5. The summed E-state index contributed by atoms with van der Waals surface area (Å²) in [5.41, 5.74) is 12.2. The zero-order chi connectivity index (χ0) is 83.3. The number of pyridine rings is 5. The van der Waals surface area contributed by atoms with Crippen molar-refractivity contribution in [1.82, 2.24) is 49.4 Å². The van der Waals surface area contributed by atoms with Gasteiger partial charge in [0.15, 0.2) is 0 Å². The molecule has 626 valence electrons. The molecule has 10 aromatic rings. The zero-order valence-electron chi connectivity index (χ0n) is 68.2. The number of aromatic nitrogens is 5. The first-order chi connectivity index (χ1) is 57.8. The molecule has 0 atom stereocenters. The van der Waals surface area contributed by atoms with Gasteiger partial charge in [-0.2, -0.15) is 8.78 Å². The van der Waals surface area contributed by atoms with Crippen LogP contribution in [-0.2, 0) is 52.0 Å². The molecule has 0 bridgehead atoms. The van der Waals surface area contributed by atoms with Gasteiger partial charge in [-0.3, -0.25) is 24.4 Å². The predicted octanol–water partition coefficient (Wildman–Crippen LogP) is 19.4. The highest BCUT2D eigenvalue weighted by Crippen LogP contribution is 2.48. The van der Waals surface area contributed by atoms with Crippen molar-refractivity contribution in [2.75, 3.05) is 105 Å². The molecule has 119 heavy (non-hydrogen) atoms. The third-order valence-corrected chi connectivity index (χ3v) is 25.2. The van der Waals surface area contributed by atoms with Gasteiger partial charge in [-0.25, -0.2) is 24.9 Å². The Bertz CT molecular complexity index is 4830. The van der Waals surface area contributed by atoms with E-state index in [0.717, 1.165) is 186 Å². The molecule has 3 fully saturated rings. The van der Waals surface area contributed by atoms with Gasteiger partial charge >= 0.3 is 5.97 Å². The first kappa shape index (κ1) is 90.3. The molecule has 13 heterocycles. The molecule has 3 spiro atoms. The fraction of sp³-hybridized carbons (Fsp3) is 0.375. The van der Waals surface area contributed by atoms with Gasteiger partial charge in [0.2, 0.25) is 29.5 Å². The molecule has 17 nitrogen and oxygen atoms in total. The van der Waals surface area contributed by atoms with E-state index in [1.807, 2.05) is 73.7 Å². The number of halogens is 6. The van der Waals surface area contributed by atoms with E-state index in [2.05, 4.69) is 268 Å². The van der Waals surface area contributed by atoms with Crippen LogP contribution in [0.1, 0.15) is 118 Å². The van der Waals surface area contributed by atoms with Crippen LogP contribution in [0.5, 0.6) is 23.4 Å². The minimum absolute atomic E-state index is 0.0887. The van der Waals surface area contributed by atoms with Gasteiger partial charge in [-0.05, 0) is 276 Å². The van der Waals surface area contributed by atoms with Gasteiger partial charge in [0.05, 0.1) is 40.0 Å². The molecule has 0 aliphatic carbocycles. The largest absolute Gasteiger partial charge is 0.492 e. The van der Waals surface area contributed by atoms with Gasteiger partial charge < -0.3 is 33.7 Å². The maximum absolute atomic E-state index is 12.2. The van der Waals surface area contributed by atoms with Gasteiger partial charge in [0.1, 0.15) is 27.2 Å². The lowest BCUT2D eigenvalue weighted by Gasteiger charge is -2.38. The molecule has 0 unspecified atom stereocenters. The molecule has 0 amide bonds. The van der Waals surface area contributed by atoms with Crippen molar-refractivity contribution in [3.63, 3.8) is 0 Å². The Kier molecular flexibility index (Phi) is 34.3. The SMILES string of the molecule is Brc1ccc2c(n1)OCC21CCN(Cc2ccccc2)CC1.CC(C)(C)OC(=O)CCN1CCC2(CC1)COc1nc(Br)ccc12.Fc1ccccn1.Fc1ncccc1I.Ic1cccnc1OCC1=CCN(Cc2ccccc2)CC1.OCC1=CCN(Cc2ccccc2)CC1.c1ccc(CN2CCC3(CC2)COc2ccccc23)cc1. The standard InChI is InChI=1S/C19H21NO.C18H25BrN2O3.C18H19BrN2O.C18H19IN2O.C13H17NO.C5H3FIN.C5H4FN/c1-2-6-16(7-3-1)14-20-12-10-19(11-13-20)15-21-18-9-5-4-8-17(18)19;1-17(2,3)24-15(22)6-9-21-10-7-18(8-11-21)12-23-16-13(18)4-5-14(19)20-16;19-16-7-6-15-17(20-16)22-13-18(15)8-10-21(11-9-18)12-14-4-2-1-3-5-14;19-17-7-4-10-20-18(17)22-14-16-8-11-21(12-9-16)13-15-5-2-1-3-6-15;15-11-13-6-8-14(9-7-13)10-12-4-2-1-3-5-12;6-5-4(7)2-1-3-8-5;6-5-3-1-2-4-7-5/h1-9H,10-15H2;4-5H,6-12H2,1-3H3;1-7H,8-13H2;1-8,10H,9,11-14H2;1-6,15H,7-11H2;1-3H;1-4H. The summed E-state index contributed by atoms with van der Waals surface area (Å²) in [7, 11) is 0. The number of para-hydroxylation sites is 1. The van der Waals surface area contributed by atoms with Crippen LogP contribution in [0, 0.1) is 19.0 Å². The van der Waals surface area contributed by atoms with E-state index in [-0.39, 0.29) is 28.8 Å². The molecule has 8 aliphatic heterocycles.